The molecular weight excluding hydrogens is 203 g/mol. The van der Waals surface area contributed by atoms with E-state index in [-0.39, 0.29) is 35.1 Å². The average molecular weight is 211 g/mol. The number of aliphatic hydroxyl groups is 1. The summed E-state index contributed by atoms with van der Waals surface area (Å²) in [5.74, 6) is 0. The molecular formula is C7H8NaO4S+. The molecule has 0 aliphatic carbocycles. The molecule has 0 bridgehead atoms. The average Bonchev–Trinajstić information content (AvgIpc) is 2.03. The van der Waals surface area contributed by atoms with Gasteiger partial charge in [-0.3, -0.25) is 4.55 Å². The molecule has 0 fully saturated rings. The van der Waals surface area contributed by atoms with Crippen LogP contribution in [0.4, 0.5) is 0 Å². The summed E-state index contributed by atoms with van der Waals surface area (Å²) >= 11 is 0. The van der Waals surface area contributed by atoms with Crippen molar-refractivity contribution in [3.05, 3.63) is 35.9 Å². The molecule has 0 amide bonds. The molecule has 1 unspecified atom stereocenters. The number of hydrogen-bond acceptors (Lipinski definition) is 3. The SMILES string of the molecule is O=S(=O)(O)C(O)c1ccccc1.[Na+]. The standard InChI is InChI=1S/C7H8O4S.Na/c8-7(12(9,10)11)6-4-2-1-3-5-6;/h1-5,7-8H,(H,9,10,11);/q;+1. The van der Waals surface area contributed by atoms with Gasteiger partial charge in [-0.1, -0.05) is 30.3 Å². The number of hydrogen-bond donors (Lipinski definition) is 2. The Hall–Kier alpha value is 0.0900. The van der Waals surface area contributed by atoms with E-state index in [1.54, 1.807) is 18.2 Å². The predicted octanol–water partition coefficient (Wildman–Crippen LogP) is -2.43. The van der Waals surface area contributed by atoms with Crippen molar-refractivity contribution >= 4 is 10.1 Å². The molecule has 0 aliphatic heterocycles. The van der Waals surface area contributed by atoms with E-state index in [1.165, 1.54) is 12.1 Å². The summed E-state index contributed by atoms with van der Waals surface area (Å²) in [4.78, 5) is 0. The minimum absolute atomic E-state index is 0. The van der Waals surface area contributed by atoms with Crippen LogP contribution >= 0.6 is 0 Å². The second kappa shape index (κ2) is 5.09. The van der Waals surface area contributed by atoms with Gasteiger partial charge in [-0.25, -0.2) is 0 Å². The first-order valence-electron chi connectivity index (χ1n) is 3.21. The van der Waals surface area contributed by atoms with Gasteiger partial charge in [0.1, 0.15) is 0 Å². The van der Waals surface area contributed by atoms with Crippen molar-refractivity contribution in [3.8, 4) is 0 Å². The van der Waals surface area contributed by atoms with E-state index in [2.05, 4.69) is 0 Å². The fourth-order valence-electron chi connectivity index (χ4n) is 0.790. The van der Waals surface area contributed by atoms with Crippen LogP contribution in [0.2, 0.25) is 0 Å². The Kier molecular flexibility index (Phi) is 5.13. The molecule has 66 valence electrons. The van der Waals surface area contributed by atoms with Crippen molar-refractivity contribution in [2.45, 2.75) is 5.44 Å². The third-order valence-electron chi connectivity index (χ3n) is 1.37. The zero-order valence-corrected chi connectivity index (χ0v) is 9.90. The molecule has 1 aromatic rings. The summed E-state index contributed by atoms with van der Waals surface area (Å²) in [6.07, 6.45) is 0. The van der Waals surface area contributed by atoms with Crippen molar-refractivity contribution in [1.29, 1.82) is 0 Å². The van der Waals surface area contributed by atoms with Crippen LogP contribution in [0.3, 0.4) is 0 Å². The molecule has 0 heterocycles. The molecule has 1 aromatic carbocycles. The topological polar surface area (TPSA) is 74.6 Å². The number of aliphatic hydroxyl groups excluding tert-OH is 1. The summed E-state index contributed by atoms with van der Waals surface area (Å²) in [6, 6.07) is 7.66. The molecule has 2 N–H and O–H groups in total. The van der Waals surface area contributed by atoms with Gasteiger partial charge in [0, 0.05) is 0 Å². The van der Waals surface area contributed by atoms with Crippen molar-refractivity contribution < 1.29 is 47.6 Å². The fraction of sp³-hybridized carbons (Fsp3) is 0.143. The first kappa shape index (κ1) is 13.1. The van der Waals surface area contributed by atoms with Crippen LogP contribution < -0.4 is 29.6 Å². The molecule has 0 spiro atoms. The maximum atomic E-state index is 10.4. The quantitative estimate of drug-likeness (QED) is 0.421. The van der Waals surface area contributed by atoms with Crippen LogP contribution in [-0.2, 0) is 10.1 Å². The Morgan fingerprint density at radius 2 is 1.62 bits per heavy atom. The molecule has 0 saturated heterocycles. The van der Waals surface area contributed by atoms with Gasteiger partial charge in [0.05, 0.1) is 0 Å². The number of rotatable bonds is 2. The largest absolute Gasteiger partial charge is 1.00 e. The van der Waals surface area contributed by atoms with Crippen molar-refractivity contribution in [3.63, 3.8) is 0 Å². The van der Waals surface area contributed by atoms with Crippen LogP contribution in [0, 0.1) is 0 Å². The van der Waals surface area contributed by atoms with Crippen molar-refractivity contribution in [2.75, 3.05) is 0 Å². The summed E-state index contributed by atoms with van der Waals surface area (Å²) in [7, 11) is -4.40. The van der Waals surface area contributed by atoms with E-state index >= 15 is 0 Å². The minimum atomic E-state index is -4.40. The Bertz CT molecular complexity index is 348. The molecule has 0 aromatic heterocycles. The van der Waals surface area contributed by atoms with E-state index < -0.39 is 15.6 Å². The number of benzene rings is 1. The smallest absolute Gasteiger partial charge is 0.371 e. The molecule has 4 nitrogen and oxygen atoms in total. The Morgan fingerprint density at radius 3 is 2.00 bits per heavy atom. The zero-order chi connectivity index (χ0) is 9.19. The summed E-state index contributed by atoms with van der Waals surface area (Å²) < 4.78 is 29.3. The second-order valence-electron chi connectivity index (χ2n) is 2.28. The summed E-state index contributed by atoms with van der Waals surface area (Å²) in [5, 5.41) is 9.02. The van der Waals surface area contributed by atoms with Gasteiger partial charge in [0.25, 0.3) is 10.1 Å². The Morgan fingerprint density at radius 1 is 1.15 bits per heavy atom. The summed E-state index contributed by atoms with van der Waals surface area (Å²) in [6.45, 7) is 0. The third kappa shape index (κ3) is 3.76. The molecule has 1 atom stereocenters. The van der Waals surface area contributed by atoms with E-state index in [0.717, 1.165) is 0 Å². The summed E-state index contributed by atoms with van der Waals surface area (Å²) in [5.41, 5.74) is -1.70. The third-order valence-corrected chi connectivity index (χ3v) is 2.20. The van der Waals surface area contributed by atoms with Gasteiger partial charge in [0.15, 0.2) is 0 Å². The van der Waals surface area contributed by atoms with Crippen LogP contribution in [-0.4, -0.2) is 18.1 Å². The normalized spacial score (nSPS) is 13.1. The maximum Gasteiger partial charge on any atom is 1.00 e. The molecule has 1 rings (SSSR count). The molecule has 13 heavy (non-hydrogen) atoms. The zero-order valence-electron chi connectivity index (χ0n) is 7.08. The van der Waals surface area contributed by atoms with Crippen LogP contribution in [0.5, 0.6) is 0 Å². The fourth-order valence-corrected chi connectivity index (χ4v) is 1.29. The minimum Gasteiger partial charge on any atom is -0.371 e. The van der Waals surface area contributed by atoms with E-state index in [0.29, 0.717) is 0 Å². The van der Waals surface area contributed by atoms with E-state index in [4.69, 9.17) is 9.66 Å². The van der Waals surface area contributed by atoms with Crippen LogP contribution in [0.1, 0.15) is 11.0 Å². The Labute approximate surface area is 98.6 Å². The second-order valence-corrected chi connectivity index (χ2v) is 3.75. The van der Waals surface area contributed by atoms with Crippen LogP contribution in [0.15, 0.2) is 30.3 Å². The van der Waals surface area contributed by atoms with E-state index in [9.17, 15) is 8.42 Å². The van der Waals surface area contributed by atoms with Gasteiger partial charge in [-0.15, -0.1) is 0 Å². The van der Waals surface area contributed by atoms with E-state index in [1.807, 2.05) is 0 Å². The first-order valence-corrected chi connectivity index (χ1v) is 4.71. The van der Waals surface area contributed by atoms with Gasteiger partial charge in [-0.2, -0.15) is 8.42 Å². The molecule has 0 aliphatic rings. The van der Waals surface area contributed by atoms with Gasteiger partial charge < -0.3 is 5.11 Å². The van der Waals surface area contributed by atoms with Gasteiger partial charge >= 0.3 is 29.6 Å². The molecule has 0 radical (unpaired) electrons. The van der Waals surface area contributed by atoms with Crippen molar-refractivity contribution in [2.24, 2.45) is 0 Å². The van der Waals surface area contributed by atoms with Gasteiger partial charge in [-0.05, 0) is 5.56 Å². The maximum absolute atomic E-state index is 10.4. The van der Waals surface area contributed by atoms with Crippen LogP contribution in [0.25, 0.3) is 0 Å². The predicted molar refractivity (Wildman–Crippen MR) is 43.0 cm³/mol. The molecule has 6 heteroatoms. The van der Waals surface area contributed by atoms with Gasteiger partial charge in [0.2, 0.25) is 5.44 Å². The molecule has 0 saturated carbocycles. The Balaban J connectivity index is 0.00000144. The monoisotopic (exact) mass is 211 g/mol. The first-order chi connectivity index (χ1) is 5.52. The van der Waals surface area contributed by atoms with Crippen molar-refractivity contribution in [1.82, 2.24) is 0 Å².